The third kappa shape index (κ3) is 2.77. The minimum absolute atomic E-state index is 0.741. The molecule has 5 aromatic rings. The largest absolute Gasteiger partial charge is 0.455 e. The number of benzene rings is 4. The van der Waals surface area contributed by atoms with Crippen LogP contribution in [0.1, 0.15) is 54.7 Å². The minimum Gasteiger partial charge on any atom is -0.455 e. The molecule has 1 nitrogen and oxygen atoms in total. The van der Waals surface area contributed by atoms with Gasteiger partial charge in [-0.15, -0.1) is 0 Å². The second-order valence-corrected chi connectivity index (χ2v) is 9.58. The van der Waals surface area contributed by atoms with Crippen molar-refractivity contribution in [3.8, 4) is 22.3 Å². The van der Waals surface area contributed by atoms with Crippen molar-refractivity contribution in [2.45, 2.75) is 44.4 Å². The Balaban J connectivity index is 1.36. The number of para-hydroxylation sites is 2. The van der Waals surface area contributed by atoms with E-state index in [2.05, 4.69) is 72.8 Å². The lowest BCUT2D eigenvalue weighted by Gasteiger charge is -2.22. The third-order valence-corrected chi connectivity index (χ3v) is 7.71. The molecule has 32 heavy (non-hydrogen) atoms. The minimum atomic E-state index is 0.741. The Hall–Kier alpha value is -3.32. The predicted molar refractivity (Wildman–Crippen MR) is 133 cm³/mol. The lowest BCUT2D eigenvalue weighted by molar-refractivity contribution is 0.443. The van der Waals surface area contributed by atoms with Crippen molar-refractivity contribution in [1.82, 2.24) is 0 Å². The fourth-order valence-electron chi connectivity index (χ4n) is 6.02. The van der Waals surface area contributed by atoms with Gasteiger partial charge in [-0.05, 0) is 70.7 Å². The van der Waals surface area contributed by atoms with Crippen LogP contribution in [0.15, 0.2) is 83.3 Å². The maximum Gasteiger partial charge on any atom is 0.143 e. The van der Waals surface area contributed by atoms with Gasteiger partial charge in [-0.3, -0.25) is 0 Å². The molecule has 0 atom stereocenters. The predicted octanol–water partition coefficient (Wildman–Crippen LogP) is 8.87. The number of hydrogen-bond acceptors (Lipinski definition) is 1. The molecule has 4 aromatic carbocycles. The Bertz CT molecular complexity index is 1480. The standard InChI is InChI=1S/C31H26O/c1-2-7-20(8-3-1)21-13-14-22-17-23-15-16-24(19-29(23)28(22)18-21)25-10-6-11-27-26-9-4-5-12-30(26)32-31(25)27/h4-6,9-16,18-20H,1-3,7-8,17H2. The van der Waals surface area contributed by atoms with E-state index < -0.39 is 0 Å². The Morgan fingerprint density at radius 3 is 2.31 bits per heavy atom. The molecule has 2 aliphatic carbocycles. The van der Waals surface area contributed by atoms with Gasteiger partial charge in [-0.1, -0.05) is 86.0 Å². The molecular formula is C31H26O. The van der Waals surface area contributed by atoms with Gasteiger partial charge in [0.25, 0.3) is 0 Å². The first-order valence-electron chi connectivity index (χ1n) is 12.0. The van der Waals surface area contributed by atoms with Crippen LogP contribution in [0.4, 0.5) is 0 Å². The normalized spacial score (nSPS) is 15.9. The van der Waals surface area contributed by atoms with E-state index in [4.69, 9.17) is 4.42 Å². The van der Waals surface area contributed by atoms with Gasteiger partial charge < -0.3 is 4.42 Å². The van der Waals surface area contributed by atoms with Crippen molar-refractivity contribution >= 4 is 21.9 Å². The Labute approximate surface area is 188 Å². The zero-order chi connectivity index (χ0) is 21.1. The molecule has 0 bridgehead atoms. The highest BCUT2D eigenvalue weighted by Gasteiger charge is 2.23. The summed E-state index contributed by atoms with van der Waals surface area (Å²) >= 11 is 0. The summed E-state index contributed by atoms with van der Waals surface area (Å²) in [6.45, 7) is 0. The highest BCUT2D eigenvalue weighted by Crippen LogP contribution is 2.43. The van der Waals surface area contributed by atoms with E-state index in [-0.39, 0.29) is 0 Å². The molecule has 0 amide bonds. The molecule has 0 spiro atoms. The molecule has 1 saturated carbocycles. The number of hydrogen-bond donors (Lipinski definition) is 0. The molecule has 2 aliphatic rings. The van der Waals surface area contributed by atoms with Crippen LogP contribution in [0.25, 0.3) is 44.2 Å². The van der Waals surface area contributed by atoms with Gasteiger partial charge in [0.05, 0.1) is 0 Å². The molecule has 0 aliphatic heterocycles. The van der Waals surface area contributed by atoms with Gasteiger partial charge in [0, 0.05) is 16.3 Å². The maximum atomic E-state index is 6.33. The van der Waals surface area contributed by atoms with E-state index in [9.17, 15) is 0 Å². The van der Waals surface area contributed by atoms with Gasteiger partial charge in [0.1, 0.15) is 11.2 Å². The van der Waals surface area contributed by atoms with Crippen LogP contribution in [0, 0.1) is 0 Å². The Kier molecular flexibility index (Phi) is 4.05. The van der Waals surface area contributed by atoms with Crippen LogP contribution in [-0.4, -0.2) is 0 Å². The zero-order valence-corrected chi connectivity index (χ0v) is 18.2. The molecular weight excluding hydrogens is 388 g/mol. The monoisotopic (exact) mass is 414 g/mol. The van der Waals surface area contributed by atoms with Crippen LogP contribution in [0.2, 0.25) is 0 Å². The fraction of sp³-hybridized carbons (Fsp3) is 0.226. The molecule has 1 heteroatoms. The molecule has 0 saturated heterocycles. The summed E-state index contributed by atoms with van der Waals surface area (Å²) in [7, 11) is 0. The molecule has 156 valence electrons. The molecule has 1 fully saturated rings. The summed E-state index contributed by atoms with van der Waals surface area (Å²) < 4.78 is 6.33. The van der Waals surface area contributed by atoms with E-state index in [1.807, 2.05) is 6.07 Å². The topological polar surface area (TPSA) is 13.1 Å². The Morgan fingerprint density at radius 2 is 1.41 bits per heavy atom. The van der Waals surface area contributed by atoms with Crippen molar-refractivity contribution < 1.29 is 4.42 Å². The van der Waals surface area contributed by atoms with Crippen LogP contribution >= 0.6 is 0 Å². The van der Waals surface area contributed by atoms with Crippen LogP contribution in [0.5, 0.6) is 0 Å². The highest BCUT2D eigenvalue weighted by molar-refractivity contribution is 6.09. The molecule has 1 aromatic heterocycles. The summed E-state index contributed by atoms with van der Waals surface area (Å²) in [6.07, 6.45) is 7.90. The molecule has 0 N–H and O–H groups in total. The van der Waals surface area contributed by atoms with Gasteiger partial charge in [0.15, 0.2) is 0 Å². The van der Waals surface area contributed by atoms with E-state index in [1.165, 1.54) is 76.3 Å². The summed E-state index contributed by atoms with van der Waals surface area (Å²) in [6, 6.07) is 29.1. The average molecular weight is 415 g/mol. The quantitative estimate of drug-likeness (QED) is 0.276. The maximum absolute atomic E-state index is 6.33. The van der Waals surface area contributed by atoms with E-state index in [0.717, 1.165) is 23.5 Å². The Morgan fingerprint density at radius 1 is 0.625 bits per heavy atom. The van der Waals surface area contributed by atoms with Crippen molar-refractivity contribution in [3.05, 3.63) is 95.6 Å². The first kappa shape index (κ1) is 18.3. The SMILES string of the molecule is c1ccc2c(c1)oc1c(-c3ccc4c(c3)-c3cc(C5CCCCC5)ccc3C4)cccc12. The summed E-state index contributed by atoms with van der Waals surface area (Å²) in [4.78, 5) is 0. The van der Waals surface area contributed by atoms with E-state index in [1.54, 1.807) is 5.56 Å². The lowest BCUT2D eigenvalue weighted by atomic mass is 9.83. The van der Waals surface area contributed by atoms with Crippen molar-refractivity contribution in [2.75, 3.05) is 0 Å². The molecule has 0 radical (unpaired) electrons. The highest BCUT2D eigenvalue weighted by atomic mass is 16.3. The van der Waals surface area contributed by atoms with Gasteiger partial charge in [-0.2, -0.15) is 0 Å². The van der Waals surface area contributed by atoms with Crippen LogP contribution < -0.4 is 0 Å². The van der Waals surface area contributed by atoms with Crippen molar-refractivity contribution in [3.63, 3.8) is 0 Å². The summed E-state index contributed by atoms with van der Waals surface area (Å²) in [5.41, 5.74) is 11.7. The van der Waals surface area contributed by atoms with Gasteiger partial charge >= 0.3 is 0 Å². The zero-order valence-electron chi connectivity index (χ0n) is 18.2. The number of rotatable bonds is 2. The third-order valence-electron chi connectivity index (χ3n) is 7.71. The smallest absolute Gasteiger partial charge is 0.143 e. The fourth-order valence-corrected chi connectivity index (χ4v) is 6.02. The van der Waals surface area contributed by atoms with Gasteiger partial charge in [-0.25, -0.2) is 0 Å². The average Bonchev–Trinajstić information content (AvgIpc) is 3.42. The molecule has 7 rings (SSSR count). The van der Waals surface area contributed by atoms with Crippen LogP contribution in [0.3, 0.4) is 0 Å². The molecule has 0 unspecified atom stereocenters. The summed E-state index contributed by atoms with van der Waals surface area (Å²) in [5, 5.41) is 2.38. The second kappa shape index (κ2) is 7.10. The lowest BCUT2D eigenvalue weighted by Crippen LogP contribution is -2.04. The molecule has 1 heterocycles. The van der Waals surface area contributed by atoms with Gasteiger partial charge in [0.2, 0.25) is 0 Å². The number of fused-ring (bicyclic) bond motifs is 6. The first-order valence-corrected chi connectivity index (χ1v) is 12.0. The number of furan rings is 1. The summed E-state index contributed by atoms with van der Waals surface area (Å²) in [5.74, 6) is 0.741. The van der Waals surface area contributed by atoms with E-state index >= 15 is 0 Å². The van der Waals surface area contributed by atoms with Crippen molar-refractivity contribution in [1.29, 1.82) is 0 Å². The second-order valence-electron chi connectivity index (χ2n) is 9.58. The van der Waals surface area contributed by atoms with Crippen LogP contribution in [-0.2, 0) is 6.42 Å². The van der Waals surface area contributed by atoms with Crippen molar-refractivity contribution in [2.24, 2.45) is 0 Å². The van der Waals surface area contributed by atoms with E-state index in [0.29, 0.717) is 0 Å². The first-order chi connectivity index (χ1) is 15.8.